The number of nitro groups is 2. The Morgan fingerprint density at radius 3 is 2.00 bits per heavy atom. The second kappa shape index (κ2) is 13.5. The summed E-state index contributed by atoms with van der Waals surface area (Å²) in [6.07, 6.45) is 0. The molecule has 0 aromatic heterocycles. The molecule has 13 heteroatoms. The Labute approximate surface area is 181 Å². The summed E-state index contributed by atoms with van der Waals surface area (Å²) in [5, 5.41) is 37.0. The number of nitrogens with zero attached hydrogens (tertiary/aromatic N) is 2. The van der Waals surface area contributed by atoms with Gasteiger partial charge in [0.15, 0.2) is 0 Å². The van der Waals surface area contributed by atoms with Crippen molar-refractivity contribution in [3.8, 4) is 0 Å². The first kappa shape index (κ1) is 25.3. The molecule has 12 nitrogen and oxygen atoms in total. The highest BCUT2D eigenvalue weighted by Crippen LogP contribution is 2.17. The van der Waals surface area contributed by atoms with E-state index in [1.165, 1.54) is 36.4 Å². The molecule has 2 rings (SSSR count). The first-order valence-corrected chi connectivity index (χ1v) is 9.26. The van der Waals surface area contributed by atoms with Crippen LogP contribution in [0.4, 0.5) is 22.7 Å². The lowest BCUT2D eigenvalue weighted by Gasteiger charge is -2.06. The zero-order chi connectivity index (χ0) is 23.2. The topological polar surface area (TPSA) is 177 Å². The molecule has 2 aromatic carbocycles. The highest BCUT2D eigenvalue weighted by atomic mass is 35.5. The van der Waals surface area contributed by atoms with Crippen LogP contribution in [0.25, 0.3) is 0 Å². The SMILES string of the molecule is O=C(CCl)Nc1cccc([N+](=O)[O-])c1.O=C(CNc1cccc([N+](=O)[O-])c1)NCCO. The number of nitrogens with one attached hydrogen (secondary N) is 3. The van der Waals surface area contributed by atoms with Crippen molar-refractivity contribution in [3.63, 3.8) is 0 Å². The summed E-state index contributed by atoms with van der Waals surface area (Å²) >= 11 is 5.26. The molecule has 0 atom stereocenters. The van der Waals surface area contributed by atoms with E-state index in [9.17, 15) is 29.8 Å². The molecule has 0 saturated carbocycles. The van der Waals surface area contributed by atoms with Gasteiger partial charge in [-0.05, 0) is 12.1 Å². The molecule has 0 saturated heterocycles. The van der Waals surface area contributed by atoms with E-state index in [1.54, 1.807) is 12.1 Å². The van der Waals surface area contributed by atoms with Crippen LogP contribution in [0.2, 0.25) is 0 Å². The van der Waals surface area contributed by atoms with Crippen LogP contribution in [0.15, 0.2) is 48.5 Å². The lowest BCUT2D eigenvalue weighted by molar-refractivity contribution is -0.385. The predicted molar refractivity (Wildman–Crippen MR) is 114 cm³/mol. The van der Waals surface area contributed by atoms with Gasteiger partial charge < -0.3 is 21.1 Å². The molecule has 0 bridgehead atoms. The first-order chi connectivity index (χ1) is 14.8. The Morgan fingerprint density at radius 1 is 0.935 bits per heavy atom. The molecular formula is C18H20ClN5O7. The van der Waals surface area contributed by atoms with Gasteiger partial charge in [-0.1, -0.05) is 12.1 Å². The summed E-state index contributed by atoms with van der Waals surface area (Å²) < 4.78 is 0. The third-order valence-corrected chi connectivity index (χ3v) is 3.65. The first-order valence-electron chi connectivity index (χ1n) is 8.73. The molecule has 2 aromatic rings. The van der Waals surface area contributed by atoms with Gasteiger partial charge in [-0.25, -0.2) is 0 Å². The fourth-order valence-electron chi connectivity index (χ4n) is 2.06. The molecule has 0 spiro atoms. The zero-order valence-corrected chi connectivity index (χ0v) is 16.9. The number of alkyl halides is 1. The van der Waals surface area contributed by atoms with Crippen molar-refractivity contribution in [3.05, 3.63) is 68.8 Å². The standard InChI is InChI=1S/C10H13N3O4.C8H7ClN2O3/c14-5-4-11-10(15)7-12-8-2-1-3-9(6-8)13(16)17;9-5-8(12)10-6-2-1-3-7(4-6)11(13)14/h1-3,6,12,14H,4-5,7H2,(H,11,15);1-4H,5H2,(H,10,12). The quantitative estimate of drug-likeness (QED) is 0.252. The molecule has 0 aliphatic rings. The van der Waals surface area contributed by atoms with Crippen LogP contribution >= 0.6 is 11.6 Å². The van der Waals surface area contributed by atoms with E-state index in [1.807, 2.05) is 0 Å². The van der Waals surface area contributed by atoms with Crippen LogP contribution < -0.4 is 16.0 Å². The summed E-state index contributed by atoms with van der Waals surface area (Å²) in [5.74, 6) is -0.861. The summed E-state index contributed by atoms with van der Waals surface area (Å²) in [4.78, 5) is 41.9. The number of anilines is 2. The van der Waals surface area contributed by atoms with Crippen molar-refractivity contribution in [1.29, 1.82) is 0 Å². The maximum Gasteiger partial charge on any atom is 0.271 e. The molecule has 0 radical (unpaired) electrons. The Hall–Kier alpha value is -3.77. The minimum Gasteiger partial charge on any atom is -0.395 e. The smallest absolute Gasteiger partial charge is 0.271 e. The molecule has 31 heavy (non-hydrogen) atoms. The number of nitro benzene ring substituents is 2. The van der Waals surface area contributed by atoms with Gasteiger partial charge in [-0.3, -0.25) is 29.8 Å². The van der Waals surface area contributed by atoms with Crippen molar-refractivity contribution in [1.82, 2.24) is 5.32 Å². The van der Waals surface area contributed by atoms with E-state index < -0.39 is 15.8 Å². The normalized spacial score (nSPS) is 9.61. The van der Waals surface area contributed by atoms with Crippen LogP contribution in [0, 0.1) is 20.2 Å². The average molecular weight is 454 g/mol. The van der Waals surface area contributed by atoms with Gasteiger partial charge in [0.25, 0.3) is 11.4 Å². The number of carbonyl (C=O) groups excluding carboxylic acids is 2. The van der Waals surface area contributed by atoms with Gasteiger partial charge in [0.2, 0.25) is 11.8 Å². The van der Waals surface area contributed by atoms with E-state index in [0.717, 1.165) is 0 Å². The maximum atomic E-state index is 11.2. The second-order valence-corrected chi connectivity index (χ2v) is 5.99. The number of halogens is 1. The third kappa shape index (κ3) is 10.0. The number of benzene rings is 2. The molecule has 2 amide bonds. The number of amides is 2. The fraction of sp³-hybridized carbons (Fsp3) is 0.222. The largest absolute Gasteiger partial charge is 0.395 e. The Morgan fingerprint density at radius 2 is 1.48 bits per heavy atom. The lowest BCUT2D eigenvalue weighted by Crippen LogP contribution is -2.31. The second-order valence-electron chi connectivity index (χ2n) is 5.72. The lowest BCUT2D eigenvalue weighted by atomic mass is 10.3. The van der Waals surface area contributed by atoms with E-state index in [2.05, 4.69) is 16.0 Å². The van der Waals surface area contributed by atoms with Gasteiger partial charge in [0.1, 0.15) is 5.88 Å². The van der Waals surface area contributed by atoms with Crippen molar-refractivity contribution < 1.29 is 24.5 Å². The van der Waals surface area contributed by atoms with Crippen molar-refractivity contribution in [2.45, 2.75) is 0 Å². The van der Waals surface area contributed by atoms with Gasteiger partial charge in [0, 0.05) is 42.2 Å². The monoisotopic (exact) mass is 453 g/mol. The highest BCUT2D eigenvalue weighted by Gasteiger charge is 2.07. The van der Waals surface area contributed by atoms with Crippen LogP contribution in [-0.4, -0.2) is 52.3 Å². The number of rotatable bonds is 9. The number of aliphatic hydroxyl groups is 1. The van der Waals surface area contributed by atoms with Gasteiger partial charge in [0.05, 0.1) is 23.0 Å². The third-order valence-electron chi connectivity index (χ3n) is 3.41. The van der Waals surface area contributed by atoms with E-state index >= 15 is 0 Å². The maximum absolute atomic E-state index is 11.2. The fourth-order valence-corrected chi connectivity index (χ4v) is 2.13. The molecule has 0 heterocycles. The molecular weight excluding hydrogens is 434 g/mol. The minimum absolute atomic E-state index is 0.00116. The van der Waals surface area contributed by atoms with Crippen LogP contribution in [0.1, 0.15) is 0 Å². The molecule has 4 N–H and O–H groups in total. The molecule has 0 fully saturated rings. The summed E-state index contributed by atoms with van der Waals surface area (Å²) in [6, 6.07) is 11.5. The van der Waals surface area contributed by atoms with Crippen molar-refractivity contribution in [2.75, 3.05) is 36.2 Å². The average Bonchev–Trinajstić information content (AvgIpc) is 2.77. The van der Waals surface area contributed by atoms with Crippen LogP contribution in [0.3, 0.4) is 0 Å². The van der Waals surface area contributed by atoms with Crippen LogP contribution in [0.5, 0.6) is 0 Å². The number of hydrogen-bond acceptors (Lipinski definition) is 8. The van der Waals surface area contributed by atoms with Crippen molar-refractivity contribution >= 4 is 46.2 Å². The van der Waals surface area contributed by atoms with E-state index in [4.69, 9.17) is 16.7 Å². The van der Waals surface area contributed by atoms with E-state index in [-0.39, 0.29) is 42.9 Å². The minimum atomic E-state index is -0.531. The number of carbonyl (C=O) groups is 2. The molecule has 0 unspecified atom stereocenters. The number of aliphatic hydroxyl groups excluding tert-OH is 1. The molecule has 166 valence electrons. The highest BCUT2D eigenvalue weighted by molar-refractivity contribution is 6.29. The number of non-ortho nitro benzene ring substituents is 2. The van der Waals surface area contributed by atoms with Gasteiger partial charge >= 0.3 is 0 Å². The Kier molecular flexibility index (Phi) is 11.0. The molecule has 0 aliphatic carbocycles. The molecule has 0 aliphatic heterocycles. The van der Waals surface area contributed by atoms with Gasteiger partial charge in [-0.15, -0.1) is 11.6 Å². The predicted octanol–water partition coefficient (Wildman–Crippen LogP) is 1.89. The Bertz CT molecular complexity index is 926. The summed E-state index contributed by atoms with van der Waals surface area (Å²) in [7, 11) is 0. The number of hydrogen-bond donors (Lipinski definition) is 4. The van der Waals surface area contributed by atoms with Crippen molar-refractivity contribution in [2.24, 2.45) is 0 Å². The van der Waals surface area contributed by atoms with Crippen LogP contribution in [-0.2, 0) is 9.59 Å². The van der Waals surface area contributed by atoms with E-state index in [0.29, 0.717) is 11.4 Å². The zero-order valence-electron chi connectivity index (χ0n) is 16.1. The summed E-state index contributed by atoms with van der Waals surface area (Å²) in [5.41, 5.74) is 0.756. The Balaban J connectivity index is 0.000000316. The summed E-state index contributed by atoms with van der Waals surface area (Å²) in [6.45, 7) is 0.0686. The van der Waals surface area contributed by atoms with Gasteiger partial charge in [-0.2, -0.15) is 0 Å².